The Hall–Kier alpha value is -3.09. The zero-order valence-corrected chi connectivity index (χ0v) is 12.5. The number of ether oxygens (including phenoxy) is 2. The fraction of sp³-hybridized carbons (Fsp3) is 0.188. The van der Waals surface area contributed by atoms with Gasteiger partial charge in [-0.05, 0) is 30.3 Å². The average Bonchev–Trinajstić information content (AvgIpc) is 3.20. The zero-order valence-electron chi connectivity index (χ0n) is 12.5. The molecule has 0 fully saturated rings. The molecule has 0 radical (unpaired) electrons. The van der Waals surface area contributed by atoms with Gasteiger partial charge in [-0.15, -0.1) is 10.2 Å². The van der Waals surface area contributed by atoms with Gasteiger partial charge in [-0.25, -0.2) is 0 Å². The molecule has 0 atom stereocenters. The standard InChI is InChI=1S/C16H14N4O3/c1-19(9-15-18-17-14-4-2-3-7-20(14)15)16(21)11-5-6-12-13(8-11)23-10-22-12/h2-8H,9-10H2,1H3. The topological polar surface area (TPSA) is 69.0 Å². The monoisotopic (exact) mass is 310 g/mol. The van der Waals surface area contributed by atoms with Crippen molar-refractivity contribution < 1.29 is 14.3 Å². The second-order valence-electron chi connectivity index (χ2n) is 5.27. The molecule has 0 aliphatic carbocycles. The minimum absolute atomic E-state index is 0.115. The molecule has 7 heteroatoms. The summed E-state index contributed by atoms with van der Waals surface area (Å²) in [5.41, 5.74) is 1.30. The molecule has 7 nitrogen and oxygen atoms in total. The predicted octanol–water partition coefficient (Wildman–Crippen LogP) is 1.73. The van der Waals surface area contributed by atoms with E-state index in [2.05, 4.69) is 10.2 Å². The minimum atomic E-state index is -0.115. The summed E-state index contributed by atoms with van der Waals surface area (Å²) in [5.74, 6) is 1.85. The smallest absolute Gasteiger partial charge is 0.254 e. The molecule has 1 amide bonds. The van der Waals surface area contributed by atoms with E-state index >= 15 is 0 Å². The third kappa shape index (κ3) is 2.36. The summed E-state index contributed by atoms with van der Waals surface area (Å²) in [6.07, 6.45) is 1.88. The van der Waals surface area contributed by atoms with Crippen LogP contribution in [-0.2, 0) is 6.54 Å². The Morgan fingerprint density at radius 3 is 3.00 bits per heavy atom. The first-order valence-corrected chi connectivity index (χ1v) is 7.16. The molecule has 1 aliphatic rings. The van der Waals surface area contributed by atoms with Crippen LogP contribution in [0.2, 0.25) is 0 Å². The lowest BCUT2D eigenvalue weighted by Crippen LogP contribution is -2.27. The normalized spacial score (nSPS) is 12.6. The van der Waals surface area contributed by atoms with E-state index in [1.165, 1.54) is 0 Å². The molecule has 3 heterocycles. The Morgan fingerprint density at radius 1 is 1.22 bits per heavy atom. The van der Waals surface area contributed by atoms with Crippen LogP contribution in [0.15, 0.2) is 42.6 Å². The second-order valence-corrected chi connectivity index (χ2v) is 5.27. The maximum Gasteiger partial charge on any atom is 0.254 e. The Balaban J connectivity index is 1.56. The van der Waals surface area contributed by atoms with Crippen molar-refractivity contribution in [2.24, 2.45) is 0 Å². The average molecular weight is 310 g/mol. The fourth-order valence-electron chi connectivity index (χ4n) is 2.53. The lowest BCUT2D eigenvalue weighted by atomic mass is 10.2. The summed E-state index contributed by atoms with van der Waals surface area (Å²) in [7, 11) is 1.73. The van der Waals surface area contributed by atoms with Gasteiger partial charge < -0.3 is 14.4 Å². The number of carbonyl (C=O) groups excluding carboxylic acids is 1. The predicted molar refractivity (Wildman–Crippen MR) is 81.3 cm³/mol. The van der Waals surface area contributed by atoms with E-state index in [9.17, 15) is 4.79 Å². The van der Waals surface area contributed by atoms with Crippen LogP contribution in [0.5, 0.6) is 11.5 Å². The summed E-state index contributed by atoms with van der Waals surface area (Å²) in [5, 5.41) is 8.23. The molecular weight excluding hydrogens is 296 g/mol. The summed E-state index contributed by atoms with van der Waals surface area (Å²) in [4.78, 5) is 14.2. The van der Waals surface area contributed by atoms with Gasteiger partial charge in [-0.1, -0.05) is 6.07 Å². The molecule has 0 bridgehead atoms. The number of benzene rings is 1. The maximum atomic E-state index is 12.6. The number of nitrogens with zero attached hydrogens (tertiary/aromatic N) is 4. The highest BCUT2D eigenvalue weighted by atomic mass is 16.7. The number of carbonyl (C=O) groups is 1. The molecular formula is C16H14N4O3. The van der Waals surface area contributed by atoms with Gasteiger partial charge in [0.2, 0.25) is 6.79 Å². The first-order chi connectivity index (χ1) is 11.2. The van der Waals surface area contributed by atoms with Crippen molar-refractivity contribution >= 4 is 11.6 Å². The number of pyridine rings is 1. The molecule has 23 heavy (non-hydrogen) atoms. The van der Waals surface area contributed by atoms with Crippen molar-refractivity contribution in [3.05, 3.63) is 54.0 Å². The van der Waals surface area contributed by atoms with Crippen LogP contribution in [0.1, 0.15) is 16.2 Å². The van der Waals surface area contributed by atoms with Gasteiger partial charge in [-0.3, -0.25) is 9.20 Å². The number of amides is 1. The van der Waals surface area contributed by atoms with Crippen LogP contribution in [-0.4, -0.2) is 39.2 Å². The molecule has 0 saturated carbocycles. The van der Waals surface area contributed by atoms with E-state index in [-0.39, 0.29) is 12.7 Å². The fourth-order valence-corrected chi connectivity index (χ4v) is 2.53. The quantitative estimate of drug-likeness (QED) is 0.737. The Kier molecular flexibility index (Phi) is 3.11. The lowest BCUT2D eigenvalue weighted by molar-refractivity contribution is 0.0780. The van der Waals surface area contributed by atoms with Crippen molar-refractivity contribution in [2.75, 3.05) is 13.8 Å². The van der Waals surface area contributed by atoms with E-state index in [1.807, 2.05) is 28.8 Å². The minimum Gasteiger partial charge on any atom is -0.454 e. The molecule has 2 aromatic heterocycles. The van der Waals surface area contributed by atoms with Crippen molar-refractivity contribution in [3.8, 4) is 11.5 Å². The highest BCUT2D eigenvalue weighted by molar-refractivity contribution is 5.94. The molecule has 4 rings (SSSR count). The van der Waals surface area contributed by atoms with Gasteiger partial charge in [0, 0.05) is 18.8 Å². The molecule has 116 valence electrons. The third-order valence-corrected chi connectivity index (χ3v) is 3.73. The highest BCUT2D eigenvalue weighted by Gasteiger charge is 2.19. The second kappa shape index (κ2) is 5.28. The van der Waals surface area contributed by atoms with Gasteiger partial charge in [0.25, 0.3) is 5.91 Å². The SMILES string of the molecule is CN(Cc1nnc2ccccn12)C(=O)c1ccc2c(c1)OCO2. The maximum absolute atomic E-state index is 12.6. The molecule has 1 aromatic carbocycles. The largest absolute Gasteiger partial charge is 0.454 e. The van der Waals surface area contributed by atoms with Gasteiger partial charge in [-0.2, -0.15) is 0 Å². The number of rotatable bonds is 3. The van der Waals surface area contributed by atoms with Gasteiger partial charge in [0.15, 0.2) is 23.0 Å². The van der Waals surface area contributed by atoms with Gasteiger partial charge in [0.1, 0.15) is 0 Å². The number of hydrogen-bond donors (Lipinski definition) is 0. The van der Waals surface area contributed by atoms with Crippen LogP contribution in [0.25, 0.3) is 5.65 Å². The van der Waals surface area contributed by atoms with Crippen molar-refractivity contribution in [1.82, 2.24) is 19.5 Å². The van der Waals surface area contributed by atoms with E-state index in [0.29, 0.717) is 29.4 Å². The number of aromatic nitrogens is 3. The van der Waals surface area contributed by atoms with Crippen molar-refractivity contribution in [2.45, 2.75) is 6.54 Å². The summed E-state index contributed by atoms with van der Waals surface area (Å²) in [6, 6.07) is 10.8. The molecule has 0 spiro atoms. The van der Waals surface area contributed by atoms with Gasteiger partial charge >= 0.3 is 0 Å². The van der Waals surface area contributed by atoms with Crippen LogP contribution in [0, 0.1) is 0 Å². The van der Waals surface area contributed by atoms with Gasteiger partial charge in [0.05, 0.1) is 6.54 Å². The number of fused-ring (bicyclic) bond motifs is 2. The Morgan fingerprint density at radius 2 is 2.09 bits per heavy atom. The Bertz CT molecular complexity index is 890. The van der Waals surface area contributed by atoms with E-state index in [4.69, 9.17) is 9.47 Å². The molecule has 0 saturated heterocycles. The summed E-state index contributed by atoms with van der Waals surface area (Å²) >= 11 is 0. The number of hydrogen-bond acceptors (Lipinski definition) is 5. The van der Waals surface area contributed by atoms with Crippen LogP contribution < -0.4 is 9.47 Å². The zero-order chi connectivity index (χ0) is 15.8. The molecule has 0 N–H and O–H groups in total. The van der Waals surface area contributed by atoms with E-state index in [1.54, 1.807) is 30.1 Å². The van der Waals surface area contributed by atoms with Crippen molar-refractivity contribution in [3.63, 3.8) is 0 Å². The lowest BCUT2D eigenvalue weighted by Gasteiger charge is -2.16. The first-order valence-electron chi connectivity index (χ1n) is 7.16. The van der Waals surface area contributed by atoms with E-state index < -0.39 is 0 Å². The summed E-state index contributed by atoms with van der Waals surface area (Å²) < 4.78 is 12.4. The highest BCUT2D eigenvalue weighted by Crippen LogP contribution is 2.32. The third-order valence-electron chi connectivity index (χ3n) is 3.73. The summed E-state index contributed by atoms with van der Waals surface area (Å²) in [6.45, 7) is 0.549. The van der Waals surface area contributed by atoms with Crippen LogP contribution in [0.3, 0.4) is 0 Å². The Labute approximate surface area is 132 Å². The molecule has 3 aromatic rings. The first kappa shape index (κ1) is 13.6. The molecule has 0 unspecified atom stereocenters. The van der Waals surface area contributed by atoms with Crippen LogP contribution >= 0.6 is 0 Å². The van der Waals surface area contributed by atoms with Crippen LogP contribution in [0.4, 0.5) is 0 Å². The molecule has 1 aliphatic heterocycles. The van der Waals surface area contributed by atoms with Crippen molar-refractivity contribution in [1.29, 1.82) is 0 Å². The van der Waals surface area contributed by atoms with E-state index in [0.717, 1.165) is 5.65 Å².